The van der Waals surface area contributed by atoms with Crippen molar-refractivity contribution in [2.24, 2.45) is 0 Å². The molecule has 0 aliphatic carbocycles. The number of amides is 1. The maximum absolute atomic E-state index is 13.2. The van der Waals surface area contributed by atoms with Gasteiger partial charge >= 0.3 is 0 Å². The molecule has 2 aromatic heterocycles. The second kappa shape index (κ2) is 7.46. The van der Waals surface area contributed by atoms with E-state index >= 15 is 0 Å². The predicted octanol–water partition coefficient (Wildman–Crippen LogP) is 4.42. The van der Waals surface area contributed by atoms with Gasteiger partial charge in [0.05, 0.1) is 6.04 Å². The molecular formula is C22H18FN5OS. The van der Waals surface area contributed by atoms with Crippen LogP contribution in [-0.4, -0.2) is 37.1 Å². The summed E-state index contributed by atoms with van der Waals surface area (Å²) in [6.07, 6.45) is 0. The Morgan fingerprint density at radius 3 is 2.60 bits per heavy atom. The predicted molar refractivity (Wildman–Crippen MR) is 112 cm³/mol. The molecule has 4 aromatic rings. The van der Waals surface area contributed by atoms with E-state index in [2.05, 4.69) is 10.2 Å². The molecule has 0 spiro atoms. The molecule has 0 saturated heterocycles. The lowest BCUT2D eigenvalue weighted by Crippen LogP contribution is -2.41. The molecule has 0 radical (unpaired) electrons. The second-order valence-corrected chi connectivity index (χ2v) is 7.98. The molecular weight excluding hydrogens is 401 g/mol. The van der Waals surface area contributed by atoms with Crippen LogP contribution in [0, 0.1) is 5.82 Å². The number of aromatic nitrogens is 4. The third-order valence-electron chi connectivity index (χ3n) is 5.29. The van der Waals surface area contributed by atoms with Crippen LogP contribution in [0.15, 0.2) is 60.0 Å². The molecule has 8 heteroatoms. The summed E-state index contributed by atoms with van der Waals surface area (Å²) in [5.74, 6) is 0.934. The van der Waals surface area contributed by atoms with Crippen LogP contribution in [0.4, 0.5) is 4.39 Å². The van der Waals surface area contributed by atoms with E-state index in [0.717, 1.165) is 22.1 Å². The molecule has 1 aliphatic heterocycles. The van der Waals surface area contributed by atoms with Gasteiger partial charge in [-0.3, -0.25) is 4.79 Å². The van der Waals surface area contributed by atoms with Gasteiger partial charge in [0.15, 0.2) is 11.6 Å². The molecule has 1 aliphatic rings. The van der Waals surface area contributed by atoms with Crippen LogP contribution in [0.5, 0.6) is 0 Å². The van der Waals surface area contributed by atoms with Gasteiger partial charge in [-0.1, -0.05) is 30.3 Å². The zero-order chi connectivity index (χ0) is 20.7. The Morgan fingerprint density at radius 2 is 1.83 bits per heavy atom. The molecule has 6 nitrogen and oxygen atoms in total. The van der Waals surface area contributed by atoms with Gasteiger partial charge in [-0.05, 0) is 31.2 Å². The Bertz CT molecular complexity index is 1200. The van der Waals surface area contributed by atoms with E-state index in [1.54, 1.807) is 16.2 Å². The highest BCUT2D eigenvalue weighted by Crippen LogP contribution is 2.32. The summed E-state index contributed by atoms with van der Waals surface area (Å²) < 4.78 is 15.2. The lowest BCUT2D eigenvalue weighted by Gasteiger charge is -2.33. The first kappa shape index (κ1) is 18.6. The third kappa shape index (κ3) is 3.19. The Hall–Kier alpha value is -3.39. The van der Waals surface area contributed by atoms with Gasteiger partial charge in [0.1, 0.15) is 16.5 Å². The summed E-state index contributed by atoms with van der Waals surface area (Å²) in [5, 5.41) is 11.7. The molecule has 1 atom stereocenters. The monoisotopic (exact) mass is 419 g/mol. The first-order chi connectivity index (χ1) is 14.6. The average molecular weight is 419 g/mol. The number of carbonyl (C=O) groups is 1. The minimum absolute atomic E-state index is 0.140. The van der Waals surface area contributed by atoms with E-state index in [9.17, 15) is 9.18 Å². The molecule has 2 aromatic carbocycles. The molecule has 150 valence electrons. The molecule has 0 fully saturated rings. The summed E-state index contributed by atoms with van der Waals surface area (Å²) in [4.78, 5) is 19.4. The van der Waals surface area contributed by atoms with Crippen LogP contribution in [0.1, 0.15) is 29.1 Å². The highest BCUT2D eigenvalue weighted by molar-refractivity contribution is 7.13. The quantitative estimate of drug-likeness (QED) is 0.493. The van der Waals surface area contributed by atoms with Crippen molar-refractivity contribution in [2.75, 3.05) is 6.54 Å². The highest BCUT2D eigenvalue weighted by atomic mass is 32.1. The normalized spacial score (nSPS) is 15.8. The van der Waals surface area contributed by atoms with E-state index in [1.165, 1.54) is 24.3 Å². The van der Waals surface area contributed by atoms with Gasteiger partial charge in [0, 0.05) is 29.6 Å². The molecule has 0 bridgehead atoms. The fraction of sp³-hybridized carbons (Fsp3) is 0.182. The van der Waals surface area contributed by atoms with E-state index in [4.69, 9.17) is 4.98 Å². The number of benzene rings is 2. The Kier molecular flexibility index (Phi) is 4.63. The summed E-state index contributed by atoms with van der Waals surface area (Å²) in [7, 11) is 0. The number of halogens is 1. The van der Waals surface area contributed by atoms with Crippen molar-refractivity contribution in [3.63, 3.8) is 0 Å². The van der Waals surface area contributed by atoms with Crippen molar-refractivity contribution >= 4 is 17.2 Å². The lowest BCUT2D eigenvalue weighted by atomic mass is 10.1. The van der Waals surface area contributed by atoms with Crippen molar-refractivity contribution in [1.82, 2.24) is 24.6 Å². The van der Waals surface area contributed by atoms with Gasteiger partial charge in [-0.15, -0.1) is 21.5 Å². The van der Waals surface area contributed by atoms with E-state index < -0.39 is 0 Å². The molecule has 0 saturated carbocycles. The number of hydrogen-bond donors (Lipinski definition) is 0. The molecule has 0 N–H and O–H groups in total. The zero-order valence-electron chi connectivity index (χ0n) is 16.2. The summed E-state index contributed by atoms with van der Waals surface area (Å²) in [6, 6.07) is 15.4. The van der Waals surface area contributed by atoms with Crippen molar-refractivity contribution in [1.29, 1.82) is 0 Å². The zero-order valence-corrected chi connectivity index (χ0v) is 17.0. The van der Waals surface area contributed by atoms with Gasteiger partial charge in [0.2, 0.25) is 0 Å². The lowest BCUT2D eigenvalue weighted by molar-refractivity contribution is 0.0638. The maximum atomic E-state index is 13.2. The molecule has 1 amide bonds. The SMILES string of the molecule is CC1c2nnc(-c3csc(-c4ccccc4)n3)n2CCN1C(=O)c1ccc(F)cc1. The average Bonchev–Trinajstić information content (AvgIpc) is 3.42. The minimum atomic E-state index is -0.360. The van der Waals surface area contributed by atoms with Gasteiger partial charge in [0.25, 0.3) is 5.91 Å². The molecule has 30 heavy (non-hydrogen) atoms. The Labute approximate surface area is 176 Å². The summed E-state index contributed by atoms with van der Waals surface area (Å²) >= 11 is 1.57. The van der Waals surface area contributed by atoms with Gasteiger partial charge < -0.3 is 9.47 Å². The minimum Gasteiger partial charge on any atom is -0.327 e. The van der Waals surface area contributed by atoms with Crippen molar-refractivity contribution in [2.45, 2.75) is 19.5 Å². The van der Waals surface area contributed by atoms with E-state index in [0.29, 0.717) is 24.5 Å². The van der Waals surface area contributed by atoms with Crippen LogP contribution < -0.4 is 0 Å². The van der Waals surface area contributed by atoms with Crippen molar-refractivity contribution in [3.8, 4) is 22.1 Å². The Balaban J connectivity index is 1.42. The Morgan fingerprint density at radius 1 is 1.07 bits per heavy atom. The van der Waals surface area contributed by atoms with Crippen LogP contribution in [0.3, 0.4) is 0 Å². The second-order valence-electron chi connectivity index (χ2n) is 7.12. The van der Waals surface area contributed by atoms with Crippen LogP contribution in [-0.2, 0) is 6.54 Å². The first-order valence-corrected chi connectivity index (χ1v) is 10.5. The standard InChI is InChI=1S/C22H18FN5OS/c1-14-19-25-26-20(18-13-30-21(24-18)15-5-3-2-4-6-15)28(19)12-11-27(14)22(29)16-7-9-17(23)10-8-16/h2-10,13-14H,11-12H2,1H3. The highest BCUT2D eigenvalue weighted by Gasteiger charge is 2.32. The number of carbonyl (C=O) groups excluding carboxylic acids is 1. The van der Waals surface area contributed by atoms with Crippen LogP contribution in [0.2, 0.25) is 0 Å². The summed E-state index contributed by atoms with van der Waals surface area (Å²) in [6.45, 7) is 3.03. The van der Waals surface area contributed by atoms with Gasteiger partial charge in [-0.2, -0.15) is 0 Å². The number of hydrogen-bond acceptors (Lipinski definition) is 5. The van der Waals surface area contributed by atoms with Crippen molar-refractivity contribution in [3.05, 3.63) is 77.2 Å². The van der Waals surface area contributed by atoms with Crippen molar-refractivity contribution < 1.29 is 9.18 Å². The first-order valence-electron chi connectivity index (χ1n) is 9.63. The largest absolute Gasteiger partial charge is 0.327 e. The van der Waals surface area contributed by atoms with Crippen LogP contribution >= 0.6 is 11.3 Å². The topological polar surface area (TPSA) is 63.9 Å². The summed E-state index contributed by atoms with van der Waals surface area (Å²) in [5.41, 5.74) is 2.31. The number of fused-ring (bicyclic) bond motifs is 1. The number of rotatable bonds is 3. The van der Waals surface area contributed by atoms with E-state index in [1.807, 2.05) is 47.2 Å². The number of thiazole rings is 1. The maximum Gasteiger partial charge on any atom is 0.254 e. The number of nitrogens with zero attached hydrogens (tertiary/aromatic N) is 5. The molecule has 3 heterocycles. The fourth-order valence-electron chi connectivity index (χ4n) is 3.70. The van der Waals surface area contributed by atoms with Gasteiger partial charge in [-0.25, -0.2) is 9.37 Å². The van der Waals surface area contributed by atoms with E-state index in [-0.39, 0.29) is 17.8 Å². The fourth-order valence-corrected chi connectivity index (χ4v) is 4.50. The smallest absolute Gasteiger partial charge is 0.254 e. The third-order valence-corrected chi connectivity index (χ3v) is 6.18. The molecule has 1 unspecified atom stereocenters. The molecule has 5 rings (SSSR count). The van der Waals surface area contributed by atoms with Crippen LogP contribution in [0.25, 0.3) is 22.1 Å².